The molecule has 1 atom stereocenters. The van der Waals surface area contributed by atoms with E-state index < -0.39 is 0 Å². The summed E-state index contributed by atoms with van der Waals surface area (Å²) in [5.74, 6) is 2.91. The number of nitrogens with zero attached hydrogens (tertiary/aromatic N) is 4. The van der Waals surface area contributed by atoms with E-state index in [4.69, 9.17) is 9.97 Å². The first kappa shape index (κ1) is 22.9. The molecule has 184 valence electrons. The first-order chi connectivity index (χ1) is 17.6. The van der Waals surface area contributed by atoms with Gasteiger partial charge >= 0.3 is 0 Å². The third-order valence-electron chi connectivity index (χ3n) is 7.69. The number of pyridine rings is 2. The number of anilines is 3. The molecule has 0 amide bonds. The first-order valence-electron chi connectivity index (χ1n) is 13.0. The van der Waals surface area contributed by atoms with Crippen molar-refractivity contribution in [2.45, 2.75) is 51.5 Å². The van der Waals surface area contributed by atoms with Gasteiger partial charge in [0.25, 0.3) is 0 Å². The minimum absolute atomic E-state index is 0.114. The van der Waals surface area contributed by atoms with Gasteiger partial charge in [-0.3, -0.25) is 4.98 Å². The molecule has 3 aromatic heterocycles. The van der Waals surface area contributed by atoms with Crippen LogP contribution in [0.5, 0.6) is 0 Å². The molecule has 6 rings (SSSR count). The highest BCUT2D eigenvalue weighted by Gasteiger charge is 2.33. The van der Waals surface area contributed by atoms with Crippen molar-refractivity contribution in [2.75, 3.05) is 23.7 Å². The third-order valence-corrected chi connectivity index (χ3v) is 7.69. The molecule has 1 aromatic carbocycles. The van der Waals surface area contributed by atoms with Gasteiger partial charge in [0, 0.05) is 41.6 Å². The summed E-state index contributed by atoms with van der Waals surface area (Å²) in [6.45, 7) is 6.63. The summed E-state index contributed by atoms with van der Waals surface area (Å²) in [4.78, 5) is 19.3. The largest absolute Gasteiger partial charge is 0.366 e. The Morgan fingerprint density at radius 3 is 2.64 bits per heavy atom. The second kappa shape index (κ2) is 9.47. The van der Waals surface area contributed by atoms with E-state index in [1.54, 1.807) is 6.20 Å². The van der Waals surface area contributed by atoms with Gasteiger partial charge in [-0.2, -0.15) is 0 Å². The Kier molecular flexibility index (Phi) is 6.01. The summed E-state index contributed by atoms with van der Waals surface area (Å²) in [6.07, 6.45) is 10.5. The topological polar surface area (TPSA) is 87.7 Å². The summed E-state index contributed by atoms with van der Waals surface area (Å²) >= 11 is 0. The average Bonchev–Trinajstić information content (AvgIpc) is 2.85. The van der Waals surface area contributed by atoms with Gasteiger partial charge in [0.2, 0.25) is 0 Å². The number of para-hydroxylation sites is 1. The molecule has 4 aromatic rings. The van der Waals surface area contributed by atoms with Crippen LogP contribution >= 0.6 is 0 Å². The Bertz CT molecular complexity index is 1360. The number of hydrogen-bond acceptors (Lipinski definition) is 7. The van der Waals surface area contributed by atoms with Gasteiger partial charge in [0.05, 0.1) is 11.7 Å². The molecule has 1 saturated carbocycles. The van der Waals surface area contributed by atoms with Crippen LogP contribution in [0, 0.1) is 5.41 Å². The van der Waals surface area contributed by atoms with Crippen LogP contribution in [0.25, 0.3) is 22.3 Å². The summed E-state index contributed by atoms with van der Waals surface area (Å²) in [7, 11) is 0. The van der Waals surface area contributed by atoms with Crippen molar-refractivity contribution in [3.8, 4) is 11.4 Å². The van der Waals surface area contributed by atoms with Gasteiger partial charge in [0.15, 0.2) is 5.82 Å². The van der Waals surface area contributed by atoms with E-state index in [2.05, 4.69) is 39.8 Å². The molecule has 7 heteroatoms. The maximum Gasteiger partial charge on any atom is 0.162 e. The Morgan fingerprint density at radius 2 is 1.86 bits per heavy atom. The van der Waals surface area contributed by atoms with Gasteiger partial charge in [0.1, 0.15) is 11.6 Å². The van der Waals surface area contributed by atoms with Gasteiger partial charge in [-0.15, -0.1) is 0 Å². The molecule has 0 spiro atoms. The lowest BCUT2D eigenvalue weighted by atomic mass is 9.78. The predicted molar refractivity (Wildman–Crippen MR) is 146 cm³/mol. The summed E-state index contributed by atoms with van der Waals surface area (Å²) in [5, 5.41) is 11.9. The lowest BCUT2D eigenvalue weighted by Gasteiger charge is -2.40. The van der Waals surface area contributed by atoms with E-state index >= 15 is 0 Å². The van der Waals surface area contributed by atoms with Gasteiger partial charge in [-0.1, -0.05) is 38.5 Å². The predicted octanol–water partition coefficient (Wildman–Crippen LogP) is 5.90. The van der Waals surface area contributed by atoms with Crippen LogP contribution in [0.15, 0.2) is 61.1 Å². The third kappa shape index (κ3) is 4.51. The van der Waals surface area contributed by atoms with Crippen molar-refractivity contribution in [3.63, 3.8) is 0 Å². The first-order valence-corrected chi connectivity index (χ1v) is 13.0. The number of rotatable bonds is 6. The monoisotopic (exact) mass is 479 g/mol. The van der Waals surface area contributed by atoms with E-state index in [9.17, 15) is 0 Å². The summed E-state index contributed by atoms with van der Waals surface area (Å²) in [6, 6.07) is 14.4. The van der Waals surface area contributed by atoms with Crippen molar-refractivity contribution in [2.24, 2.45) is 5.41 Å². The number of piperidine rings is 1. The second-order valence-electron chi connectivity index (χ2n) is 10.7. The van der Waals surface area contributed by atoms with Crippen LogP contribution in [0.2, 0.25) is 0 Å². The van der Waals surface area contributed by atoms with Gasteiger partial charge < -0.3 is 16.0 Å². The zero-order valence-electron chi connectivity index (χ0n) is 21.0. The van der Waals surface area contributed by atoms with Crippen LogP contribution in [0.4, 0.5) is 17.3 Å². The Labute approximate surface area is 212 Å². The molecule has 1 unspecified atom stereocenters. The van der Waals surface area contributed by atoms with Crippen LogP contribution in [-0.4, -0.2) is 39.1 Å². The molecule has 1 saturated heterocycles. The van der Waals surface area contributed by atoms with Crippen molar-refractivity contribution in [1.82, 2.24) is 25.3 Å². The van der Waals surface area contributed by atoms with Crippen LogP contribution in [-0.2, 0) is 0 Å². The molecule has 0 bridgehead atoms. The maximum atomic E-state index is 5.15. The molecule has 7 nitrogen and oxygen atoms in total. The van der Waals surface area contributed by atoms with Crippen molar-refractivity contribution in [1.29, 1.82) is 0 Å². The highest BCUT2D eigenvalue weighted by molar-refractivity contribution is 5.93. The molecular formula is C29H33N7. The van der Waals surface area contributed by atoms with Crippen LogP contribution < -0.4 is 16.0 Å². The van der Waals surface area contributed by atoms with E-state index in [0.717, 1.165) is 53.3 Å². The van der Waals surface area contributed by atoms with E-state index in [0.29, 0.717) is 17.8 Å². The van der Waals surface area contributed by atoms with Crippen molar-refractivity contribution >= 4 is 28.2 Å². The number of fused-ring (bicyclic) bond motifs is 1. The highest BCUT2D eigenvalue weighted by atomic mass is 15.1. The molecule has 0 radical (unpaired) electrons. The number of nitrogens with one attached hydrogen (secondary N) is 3. The Hall–Kier alpha value is -3.58. The zero-order chi connectivity index (χ0) is 24.5. The van der Waals surface area contributed by atoms with E-state index in [-0.39, 0.29) is 5.41 Å². The maximum absolute atomic E-state index is 5.15. The van der Waals surface area contributed by atoms with Crippen molar-refractivity contribution < 1.29 is 0 Å². The number of benzene rings is 1. The highest BCUT2D eigenvalue weighted by Crippen LogP contribution is 2.42. The minimum atomic E-state index is 0.114. The minimum Gasteiger partial charge on any atom is -0.366 e. The Morgan fingerprint density at radius 1 is 1.00 bits per heavy atom. The quantitative estimate of drug-likeness (QED) is 0.317. The number of hydrogen-bond donors (Lipinski definition) is 3. The smallest absolute Gasteiger partial charge is 0.162 e. The molecule has 4 heterocycles. The fourth-order valence-electron chi connectivity index (χ4n) is 5.28. The SMILES string of the molecule is CC1(C)CNCCC1Nc1nc(-c2ccnc(Nc3ccccc3)c2)nc2cncc(C3CCC3)c12. The normalized spacial score (nSPS) is 19.6. The molecular weight excluding hydrogens is 446 g/mol. The van der Waals surface area contributed by atoms with Crippen LogP contribution in [0.1, 0.15) is 51.0 Å². The molecule has 1 aliphatic carbocycles. The van der Waals surface area contributed by atoms with Gasteiger partial charge in [-0.05, 0) is 67.0 Å². The van der Waals surface area contributed by atoms with E-state index in [1.165, 1.54) is 24.8 Å². The molecule has 1 aliphatic heterocycles. The lowest BCUT2D eigenvalue weighted by Crippen LogP contribution is -2.49. The molecule has 36 heavy (non-hydrogen) atoms. The second-order valence-corrected chi connectivity index (χ2v) is 10.7. The lowest BCUT2D eigenvalue weighted by molar-refractivity contribution is 0.236. The fraction of sp³-hybridized carbons (Fsp3) is 0.379. The molecule has 3 N–H and O–H groups in total. The number of aromatic nitrogens is 4. The van der Waals surface area contributed by atoms with Gasteiger partial charge in [-0.25, -0.2) is 15.0 Å². The zero-order valence-corrected chi connectivity index (χ0v) is 21.0. The molecule has 2 aliphatic rings. The summed E-state index contributed by atoms with van der Waals surface area (Å²) in [5.41, 5.74) is 4.20. The standard InChI is InChI=1S/C29H33N7/c1-29(2)18-30-13-12-24(29)35-28-26-22(19-7-6-8-19)16-31-17-23(26)34-27(36-28)20-11-14-32-25(15-20)33-21-9-4-3-5-10-21/h3-5,9-11,14-17,19,24,30H,6-8,12-13,18H2,1-2H3,(H,32,33)(H,34,35,36). The van der Waals surface area contributed by atoms with Crippen molar-refractivity contribution in [3.05, 3.63) is 66.6 Å². The average molecular weight is 480 g/mol. The molecule has 2 fully saturated rings. The Balaban J connectivity index is 1.43. The summed E-state index contributed by atoms with van der Waals surface area (Å²) < 4.78 is 0. The van der Waals surface area contributed by atoms with Crippen LogP contribution in [0.3, 0.4) is 0 Å². The fourth-order valence-corrected chi connectivity index (χ4v) is 5.28. The van der Waals surface area contributed by atoms with E-state index in [1.807, 2.05) is 54.9 Å².